The quantitative estimate of drug-likeness (QED) is 0.895. The Labute approximate surface area is 121 Å². The number of benzene rings is 2. The summed E-state index contributed by atoms with van der Waals surface area (Å²) >= 11 is 0. The van der Waals surface area contributed by atoms with E-state index in [4.69, 9.17) is 0 Å². The highest BCUT2D eigenvalue weighted by atomic mass is 19.2. The second-order valence-electron chi connectivity index (χ2n) is 5.25. The number of amides is 1. The van der Waals surface area contributed by atoms with E-state index in [1.54, 1.807) is 0 Å². The van der Waals surface area contributed by atoms with Crippen molar-refractivity contribution in [3.63, 3.8) is 0 Å². The van der Waals surface area contributed by atoms with Crippen LogP contribution in [0, 0.1) is 11.6 Å². The van der Waals surface area contributed by atoms with E-state index in [-0.39, 0.29) is 17.5 Å². The van der Waals surface area contributed by atoms with Crippen molar-refractivity contribution in [3.8, 4) is 0 Å². The molecule has 0 saturated heterocycles. The van der Waals surface area contributed by atoms with E-state index in [2.05, 4.69) is 11.4 Å². The second kappa shape index (κ2) is 5.64. The Bertz CT molecular complexity index is 684. The van der Waals surface area contributed by atoms with Crippen LogP contribution in [0.4, 0.5) is 8.78 Å². The highest BCUT2D eigenvalue weighted by Gasteiger charge is 2.22. The van der Waals surface area contributed by atoms with Crippen LogP contribution in [-0.4, -0.2) is 5.91 Å². The normalized spacial score (nSPS) is 17.1. The number of halogens is 2. The van der Waals surface area contributed by atoms with Crippen LogP contribution in [0.5, 0.6) is 0 Å². The summed E-state index contributed by atoms with van der Waals surface area (Å²) in [6.07, 6.45) is 2.86. The van der Waals surface area contributed by atoms with E-state index in [1.807, 2.05) is 18.2 Å². The number of rotatable bonds is 2. The zero-order chi connectivity index (χ0) is 14.8. The topological polar surface area (TPSA) is 29.1 Å². The van der Waals surface area contributed by atoms with Gasteiger partial charge >= 0.3 is 0 Å². The molecule has 0 fully saturated rings. The van der Waals surface area contributed by atoms with E-state index in [1.165, 1.54) is 11.6 Å². The van der Waals surface area contributed by atoms with Crippen LogP contribution in [0.25, 0.3) is 0 Å². The van der Waals surface area contributed by atoms with Crippen LogP contribution >= 0.6 is 0 Å². The van der Waals surface area contributed by atoms with Gasteiger partial charge in [-0.3, -0.25) is 4.79 Å². The van der Waals surface area contributed by atoms with Gasteiger partial charge in [0.05, 0.1) is 6.04 Å². The SMILES string of the molecule is O=C(NC1CCCc2ccccc21)c1ccc(F)c(F)c1. The van der Waals surface area contributed by atoms with Crippen molar-refractivity contribution >= 4 is 5.91 Å². The van der Waals surface area contributed by atoms with Crippen molar-refractivity contribution < 1.29 is 13.6 Å². The molecule has 4 heteroatoms. The zero-order valence-electron chi connectivity index (χ0n) is 11.4. The molecule has 3 rings (SSSR count). The summed E-state index contributed by atoms with van der Waals surface area (Å²) in [5.74, 6) is -2.34. The average molecular weight is 287 g/mol. The fourth-order valence-electron chi connectivity index (χ4n) is 2.78. The van der Waals surface area contributed by atoms with Crippen LogP contribution in [0.2, 0.25) is 0 Å². The molecule has 1 amide bonds. The maximum atomic E-state index is 13.2. The lowest BCUT2D eigenvalue weighted by Gasteiger charge is -2.26. The molecule has 1 aliphatic carbocycles. The molecule has 0 saturated carbocycles. The van der Waals surface area contributed by atoms with Crippen molar-refractivity contribution in [3.05, 3.63) is 70.8 Å². The molecule has 0 heterocycles. The van der Waals surface area contributed by atoms with Gasteiger partial charge in [0.1, 0.15) is 0 Å². The Morgan fingerprint density at radius 3 is 2.71 bits per heavy atom. The first-order chi connectivity index (χ1) is 10.1. The van der Waals surface area contributed by atoms with Crippen molar-refractivity contribution in [2.24, 2.45) is 0 Å². The Morgan fingerprint density at radius 2 is 1.90 bits per heavy atom. The number of aryl methyl sites for hydroxylation is 1. The van der Waals surface area contributed by atoms with Gasteiger partial charge in [-0.1, -0.05) is 24.3 Å². The lowest BCUT2D eigenvalue weighted by molar-refractivity contribution is 0.0932. The van der Waals surface area contributed by atoms with Gasteiger partial charge in [0, 0.05) is 5.56 Å². The van der Waals surface area contributed by atoms with Crippen molar-refractivity contribution in [2.45, 2.75) is 25.3 Å². The van der Waals surface area contributed by atoms with E-state index < -0.39 is 11.6 Å². The smallest absolute Gasteiger partial charge is 0.251 e. The van der Waals surface area contributed by atoms with Crippen molar-refractivity contribution in [1.82, 2.24) is 5.32 Å². The molecule has 2 aromatic rings. The summed E-state index contributed by atoms with van der Waals surface area (Å²) in [6.45, 7) is 0. The molecule has 2 nitrogen and oxygen atoms in total. The molecule has 0 bridgehead atoms. The first kappa shape index (κ1) is 13.7. The van der Waals surface area contributed by atoms with Crippen LogP contribution in [0.3, 0.4) is 0 Å². The molecular weight excluding hydrogens is 272 g/mol. The Morgan fingerprint density at radius 1 is 1.10 bits per heavy atom. The maximum Gasteiger partial charge on any atom is 0.251 e. The second-order valence-corrected chi connectivity index (χ2v) is 5.25. The highest BCUT2D eigenvalue weighted by molar-refractivity contribution is 5.94. The third kappa shape index (κ3) is 2.79. The molecule has 0 aliphatic heterocycles. The minimum absolute atomic E-state index is 0.0736. The van der Waals surface area contributed by atoms with E-state index in [9.17, 15) is 13.6 Å². The van der Waals surface area contributed by atoms with Gasteiger partial charge in [-0.15, -0.1) is 0 Å². The lowest BCUT2D eigenvalue weighted by atomic mass is 9.87. The molecule has 1 aliphatic rings. The van der Waals surface area contributed by atoms with Gasteiger partial charge in [0.15, 0.2) is 11.6 Å². The zero-order valence-corrected chi connectivity index (χ0v) is 11.4. The van der Waals surface area contributed by atoms with Gasteiger partial charge in [-0.2, -0.15) is 0 Å². The molecule has 0 aromatic heterocycles. The number of fused-ring (bicyclic) bond motifs is 1. The van der Waals surface area contributed by atoms with Gasteiger partial charge in [-0.25, -0.2) is 8.78 Å². The van der Waals surface area contributed by atoms with Crippen LogP contribution in [-0.2, 0) is 6.42 Å². The molecule has 1 unspecified atom stereocenters. The summed E-state index contributed by atoms with van der Waals surface area (Å²) in [4.78, 5) is 12.2. The predicted molar refractivity (Wildman–Crippen MR) is 75.9 cm³/mol. The molecule has 108 valence electrons. The molecule has 0 spiro atoms. The molecule has 21 heavy (non-hydrogen) atoms. The molecule has 1 N–H and O–H groups in total. The van der Waals surface area contributed by atoms with Crippen LogP contribution < -0.4 is 5.32 Å². The summed E-state index contributed by atoms with van der Waals surface area (Å²) in [5.41, 5.74) is 2.48. The fraction of sp³-hybridized carbons (Fsp3) is 0.235. The van der Waals surface area contributed by atoms with E-state index >= 15 is 0 Å². The summed E-state index contributed by atoms with van der Waals surface area (Å²) in [6, 6.07) is 11.1. The fourth-order valence-corrected chi connectivity index (χ4v) is 2.78. The predicted octanol–water partition coefficient (Wildman–Crippen LogP) is 3.77. The minimum atomic E-state index is -1.01. The summed E-state index contributed by atoms with van der Waals surface area (Å²) in [5, 5.41) is 2.91. The third-order valence-electron chi connectivity index (χ3n) is 3.86. The number of carbonyl (C=O) groups is 1. The minimum Gasteiger partial charge on any atom is -0.345 e. The van der Waals surface area contributed by atoms with Gasteiger partial charge in [0.2, 0.25) is 0 Å². The summed E-state index contributed by atoms with van der Waals surface area (Å²) < 4.78 is 26.1. The standard InChI is InChI=1S/C17H15F2NO/c18-14-9-8-12(10-15(14)19)17(21)20-16-7-3-5-11-4-1-2-6-13(11)16/h1-2,4,6,8-10,16H,3,5,7H2,(H,20,21). The molecule has 0 radical (unpaired) electrons. The number of hydrogen-bond acceptors (Lipinski definition) is 1. The van der Waals surface area contributed by atoms with Crippen LogP contribution in [0.1, 0.15) is 40.4 Å². The van der Waals surface area contributed by atoms with E-state index in [0.717, 1.165) is 37.0 Å². The van der Waals surface area contributed by atoms with E-state index in [0.29, 0.717) is 0 Å². The average Bonchev–Trinajstić information content (AvgIpc) is 2.50. The first-order valence-corrected chi connectivity index (χ1v) is 6.99. The van der Waals surface area contributed by atoms with Crippen LogP contribution in [0.15, 0.2) is 42.5 Å². The number of hydrogen-bond donors (Lipinski definition) is 1. The number of nitrogens with one attached hydrogen (secondary N) is 1. The monoisotopic (exact) mass is 287 g/mol. The Kier molecular flexibility index (Phi) is 3.69. The molecule has 2 aromatic carbocycles. The molecule has 1 atom stereocenters. The maximum absolute atomic E-state index is 13.2. The number of carbonyl (C=O) groups excluding carboxylic acids is 1. The molecular formula is C17H15F2NO. The van der Waals surface area contributed by atoms with Gasteiger partial charge < -0.3 is 5.32 Å². The first-order valence-electron chi connectivity index (χ1n) is 6.99. The van der Waals surface area contributed by atoms with Crippen molar-refractivity contribution in [1.29, 1.82) is 0 Å². The van der Waals surface area contributed by atoms with Crippen molar-refractivity contribution in [2.75, 3.05) is 0 Å². The lowest BCUT2D eigenvalue weighted by Crippen LogP contribution is -2.31. The highest BCUT2D eigenvalue weighted by Crippen LogP contribution is 2.29. The Hall–Kier alpha value is -2.23. The summed E-state index contributed by atoms with van der Waals surface area (Å²) in [7, 11) is 0. The van der Waals surface area contributed by atoms with Gasteiger partial charge in [-0.05, 0) is 48.6 Å². The third-order valence-corrected chi connectivity index (χ3v) is 3.86. The largest absolute Gasteiger partial charge is 0.345 e. The Balaban J connectivity index is 1.81. The van der Waals surface area contributed by atoms with Gasteiger partial charge in [0.25, 0.3) is 5.91 Å².